The van der Waals surface area contributed by atoms with Gasteiger partial charge >= 0.3 is 0 Å². The van der Waals surface area contributed by atoms with Crippen molar-refractivity contribution in [2.24, 2.45) is 0 Å². The molecule has 0 atom stereocenters. The van der Waals surface area contributed by atoms with Gasteiger partial charge in [0.1, 0.15) is 0 Å². The van der Waals surface area contributed by atoms with E-state index in [-0.39, 0.29) is 0 Å². The number of unbranched alkanes of at least 4 members (excludes halogenated alkanes) is 5. The molecule has 1 aromatic heterocycles. The minimum Gasteiger partial charge on any atom is -0.236 e. The Morgan fingerprint density at radius 3 is 2.40 bits per heavy atom. The van der Waals surface area contributed by atoms with Crippen molar-refractivity contribution < 1.29 is 0 Å². The molecule has 0 N–H and O–H groups in total. The molecule has 2 nitrogen and oxygen atoms in total. The van der Waals surface area contributed by atoms with Crippen LogP contribution in [0.15, 0.2) is 36.7 Å². The van der Waals surface area contributed by atoms with E-state index >= 15 is 0 Å². The predicted molar refractivity (Wildman–Crippen MR) is 83.4 cm³/mol. The van der Waals surface area contributed by atoms with Crippen molar-refractivity contribution in [1.29, 1.82) is 0 Å². The minimum absolute atomic E-state index is 0.761. The third-order valence-corrected chi connectivity index (χ3v) is 3.47. The van der Waals surface area contributed by atoms with Gasteiger partial charge in [0.25, 0.3) is 0 Å². The fourth-order valence-corrected chi connectivity index (χ4v) is 2.26. The number of benzene rings is 1. The number of aryl methyl sites for hydroxylation is 1. The van der Waals surface area contributed by atoms with Gasteiger partial charge in [-0.25, -0.2) is 9.97 Å². The molecule has 105 valence electrons. The van der Waals surface area contributed by atoms with Crippen LogP contribution in [0.2, 0.25) is 0 Å². The molecule has 2 heteroatoms. The first-order chi connectivity index (χ1) is 9.90. The molecule has 0 amide bonds. The van der Waals surface area contributed by atoms with Gasteiger partial charge in [0.05, 0.1) is 0 Å². The highest BCUT2D eigenvalue weighted by Crippen LogP contribution is 2.14. The van der Waals surface area contributed by atoms with E-state index in [1.54, 1.807) is 0 Å². The van der Waals surface area contributed by atoms with E-state index in [1.807, 2.05) is 36.7 Å². The number of hydrogen-bond acceptors (Lipinski definition) is 2. The summed E-state index contributed by atoms with van der Waals surface area (Å²) < 4.78 is 0. The van der Waals surface area contributed by atoms with Crippen LogP contribution in [0.25, 0.3) is 11.4 Å². The average Bonchev–Trinajstić information content (AvgIpc) is 2.52. The van der Waals surface area contributed by atoms with Gasteiger partial charge in [-0.2, -0.15) is 0 Å². The molecular weight excluding hydrogens is 244 g/mol. The van der Waals surface area contributed by atoms with Crippen molar-refractivity contribution in [1.82, 2.24) is 9.97 Å². The average molecular weight is 267 g/mol. The third-order valence-electron chi connectivity index (χ3n) is 3.47. The van der Waals surface area contributed by atoms with Gasteiger partial charge in [-0.3, -0.25) is 0 Å². The molecule has 20 heavy (non-hydrogen) atoms. The fraction of sp³-hybridized carbons (Fsp3) is 0.444. The lowest BCUT2D eigenvalue weighted by molar-refractivity contribution is 0.607. The lowest BCUT2D eigenvalue weighted by Crippen LogP contribution is -1.93. The molecular formula is C18H23N2. The molecule has 2 aromatic rings. The van der Waals surface area contributed by atoms with Crippen LogP contribution in [0.3, 0.4) is 0 Å². The van der Waals surface area contributed by atoms with Gasteiger partial charge in [-0.15, -0.1) is 0 Å². The topological polar surface area (TPSA) is 25.8 Å². The standard InChI is InChI=1S/C18H23N2/c1-2-3-4-5-6-8-11-16-14-19-18(20-15-16)17-12-9-7-10-13-17/h7,9-10,12,14-15H,2-6,8,11H2,1H3. The molecule has 0 aliphatic carbocycles. The van der Waals surface area contributed by atoms with Crippen molar-refractivity contribution in [3.05, 3.63) is 48.3 Å². The summed E-state index contributed by atoms with van der Waals surface area (Å²) in [6.07, 6.45) is 13.0. The Balaban J connectivity index is 1.77. The number of hydrogen-bond donors (Lipinski definition) is 0. The SMILES string of the molecule is CCCCCCCCc1cnc(-c2[c]cccc2)nc1. The first-order valence-corrected chi connectivity index (χ1v) is 7.68. The highest BCUT2D eigenvalue weighted by atomic mass is 14.9. The summed E-state index contributed by atoms with van der Waals surface area (Å²) in [5, 5.41) is 0. The van der Waals surface area contributed by atoms with E-state index in [9.17, 15) is 0 Å². The second-order valence-electron chi connectivity index (χ2n) is 5.21. The zero-order valence-corrected chi connectivity index (χ0v) is 12.3. The highest BCUT2D eigenvalue weighted by Gasteiger charge is 2.01. The molecule has 1 heterocycles. The van der Waals surface area contributed by atoms with Gasteiger partial charge in [0.2, 0.25) is 0 Å². The molecule has 0 fully saturated rings. The molecule has 0 spiro atoms. The van der Waals surface area contributed by atoms with E-state index < -0.39 is 0 Å². The summed E-state index contributed by atoms with van der Waals surface area (Å²) in [5.41, 5.74) is 2.19. The second-order valence-corrected chi connectivity index (χ2v) is 5.21. The Kier molecular flexibility index (Phi) is 6.22. The maximum Gasteiger partial charge on any atom is 0.159 e. The van der Waals surface area contributed by atoms with E-state index in [1.165, 1.54) is 44.1 Å². The molecule has 0 saturated carbocycles. The van der Waals surface area contributed by atoms with Crippen LogP contribution in [0.5, 0.6) is 0 Å². The summed E-state index contributed by atoms with van der Waals surface area (Å²) in [6, 6.07) is 11.0. The zero-order chi connectivity index (χ0) is 14.0. The Labute approximate surface area is 122 Å². The van der Waals surface area contributed by atoms with Gasteiger partial charge in [-0.05, 0) is 24.5 Å². The lowest BCUT2D eigenvalue weighted by atomic mass is 10.1. The summed E-state index contributed by atoms with van der Waals surface area (Å²) in [4.78, 5) is 8.87. The largest absolute Gasteiger partial charge is 0.236 e. The Morgan fingerprint density at radius 1 is 0.950 bits per heavy atom. The van der Waals surface area contributed by atoms with Crippen LogP contribution in [0, 0.1) is 6.07 Å². The maximum absolute atomic E-state index is 4.43. The number of nitrogens with zero attached hydrogens (tertiary/aromatic N) is 2. The smallest absolute Gasteiger partial charge is 0.159 e. The molecule has 1 aromatic carbocycles. The summed E-state index contributed by atoms with van der Waals surface area (Å²) in [6.45, 7) is 2.25. The molecule has 0 unspecified atom stereocenters. The van der Waals surface area contributed by atoms with Crippen molar-refractivity contribution in [3.8, 4) is 11.4 Å². The molecule has 2 rings (SSSR count). The number of aromatic nitrogens is 2. The number of rotatable bonds is 8. The van der Waals surface area contributed by atoms with Crippen LogP contribution in [-0.4, -0.2) is 9.97 Å². The van der Waals surface area contributed by atoms with Crippen molar-refractivity contribution >= 4 is 0 Å². The summed E-state index contributed by atoms with van der Waals surface area (Å²) >= 11 is 0. The normalized spacial score (nSPS) is 10.7. The molecule has 0 aliphatic rings. The predicted octanol–water partition coefficient (Wildman–Crippen LogP) is 4.85. The minimum atomic E-state index is 0.761. The molecule has 0 saturated heterocycles. The molecule has 0 bridgehead atoms. The Morgan fingerprint density at radius 2 is 1.70 bits per heavy atom. The van der Waals surface area contributed by atoms with E-state index in [4.69, 9.17) is 0 Å². The van der Waals surface area contributed by atoms with Crippen molar-refractivity contribution in [3.63, 3.8) is 0 Å². The quantitative estimate of drug-likeness (QED) is 0.639. The lowest BCUT2D eigenvalue weighted by Gasteiger charge is -2.03. The monoisotopic (exact) mass is 267 g/mol. The summed E-state index contributed by atoms with van der Waals surface area (Å²) in [5.74, 6) is 0.761. The first-order valence-electron chi connectivity index (χ1n) is 7.68. The van der Waals surface area contributed by atoms with E-state index in [0.29, 0.717) is 0 Å². The second kappa shape index (κ2) is 8.47. The Bertz CT molecular complexity index is 477. The van der Waals surface area contributed by atoms with Gasteiger partial charge in [-0.1, -0.05) is 63.3 Å². The van der Waals surface area contributed by atoms with Crippen LogP contribution < -0.4 is 0 Å². The molecule has 0 aliphatic heterocycles. The summed E-state index contributed by atoms with van der Waals surface area (Å²) in [7, 11) is 0. The molecule has 1 radical (unpaired) electrons. The van der Waals surface area contributed by atoms with Crippen molar-refractivity contribution in [2.75, 3.05) is 0 Å². The van der Waals surface area contributed by atoms with Crippen LogP contribution in [-0.2, 0) is 6.42 Å². The van der Waals surface area contributed by atoms with E-state index in [0.717, 1.165) is 17.8 Å². The Hall–Kier alpha value is -1.70. The van der Waals surface area contributed by atoms with Crippen molar-refractivity contribution in [2.45, 2.75) is 51.9 Å². The first kappa shape index (κ1) is 14.7. The van der Waals surface area contributed by atoms with E-state index in [2.05, 4.69) is 23.0 Å². The highest BCUT2D eigenvalue weighted by molar-refractivity contribution is 5.53. The van der Waals surface area contributed by atoms with Crippen LogP contribution in [0.1, 0.15) is 51.0 Å². The third kappa shape index (κ3) is 4.76. The zero-order valence-electron chi connectivity index (χ0n) is 12.3. The van der Waals surface area contributed by atoms with Gasteiger partial charge in [0.15, 0.2) is 5.82 Å². The van der Waals surface area contributed by atoms with Crippen LogP contribution in [0.4, 0.5) is 0 Å². The van der Waals surface area contributed by atoms with Crippen LogP contribution >= 0.6 is 0 Å². The fourth-order valence-electron chi connectivity index (χ4n) is 2.26. The maximum atomic E-state index is 4.43. The van der Waals surface area contributed by atoms with Gasteiger partial charge in [0, 0.05) is 18.0 Å². The van der Waals surface area contributed by atoms with Gasteiger partial charge < -0.3 is 0 Å².